The van der Waals surface area contributed by atoms with Crippen LogP contribution in [-0.2, 0) is 21.1 Å². The van der Waals surface area contributed by atoms with Crippen molar-refractivity contribution in [2.75, 3.05) is 16.4 Å². The summed E-state index contributed by atoms with van der Waals surface area (Å²) in [7, 11) is -3.09. The number of sulfone groups is 1. The summed E-state index contributed by atoms with van der Waals surface area (Å²) in [6.45, 7) is 3.86. The fraction of sp³-hybridized carbons (Fsp3) is 0.533. The second-order valence-corrected chi connectivity index (χ2v) is 8.02. The van der Waals surface area contributed by atoms with Gasteiger partial charge >= 0.3 is 0 Å². The highest BCUT2D eigenvalue weighted by Crippen LogP contribution is 2.29. The number of carbonyl (C=O) groups is 1. The lowest BCUT2D eigenvalue weighted by atomic mass is 10.0. The van der Waals surface area contributed by atoms with Crippen molar-refractivity contribution in [2.24, 2.45) is 0 Å². The first kappa shape index (κ1) is 14.5. The van der Waals surface area contributed by atoms with E-state index in [0.29, 0.717) is 0 Å². The fourth-order valence-electron chi connectivity index (χ4n) is 3.22. The molecule has 2 aliphatic heterocycles. The molecule has 0 aliphatic carbocycles. The van der Waals surface area contributed by atoms with Crippen LogP contribution >= 0.6 is 0 Å². The number of hydrogen-bond acceptors (Lipinski definition) is 4. The van der Waals surface area contributed by atoms with E-state index in [0.717, 1.165) is 12.1 Å². The topological polar surface area (TPSA) is 66.5 Å². The zero-order valence-corrected chi connectivity index (χ0v) is 13.1. The van der Waals surface area contributed by atoms with Crippen LogP contribution in [0.1, 0.15) is 19.4 Å². The first-order valence-corrected chi connectivity index (χ1v) is 9.12. The normalized spacial score (nSPS) is 31.2. The second-order valence-electron chi connectivity index (χ2n) is 5.87. The van der Waals surface area contributed by atoms with Crippen molar-refractivity contribution in [2.45, 2.75) is 38.4 Å². The van der Waals surface area contributed by atoms with Crippen LogP contribution in [0, 0.1) is 0 Å². The number of aryl methyl sites for hydroxylation is 1. The van der Waals surface area contributed by atoms with Gasteiger partial charge in [0.2, 0.25) is 5.91 Å². The average molecular weight is 308 g/mol. The van der Waals surface area contributed by atoms with Crippen LogP contribution in [0.3, 0.4) is 0 Å². The fourth-order valence-corrected chi connectivity index (χ4v) is 5.12. The molecule has 3 atom stereocenters. The molecule has 2 aliphatic rings. The molecule has 1 amide bonds. The van der Waals surface area contributed by atoms with Crippen LogP contribution in [-0.4, -0.2) is 44.0 Å². The maximum atomic E-state index is 12.5. The van der Waals surface area contributed by atoms with Gasteiger partial charge in [-0.1, -0.05) is 19.1 Å². The Morgan fingerprint density at radius 1 is 1.24 bits per heavy atom. The summed E-state index contributed by atoms with van der Waals surface area (Å²) < 4.78 is 23.8. The number of fused-ring (bicyclic) bond motifs is 1. The maximum absolute atomic E-state index is 12.5. The number of nitrogens with one attached hydrogen (secondary N) is 1. The molecule has 2 saturated heterocycles. The molecule has 1 N–H and O–H groups in total. The Morgan fingerprint density at radius 3 is 2.52 bits per heavy atom. The molecule has 114 valence electrons. The van der Waals surface area contributed by atoms with Crippen molar-refractivity contribution in [1.29, 1.82) is 0 Å². The lowest BCUT2D eigenvalue weighted by Gasteiger charge is -2.40. The van der Waals surface area contributed by atoms with Crippen molar-refractivity contribution in [1.82, 2.24) is 5.32 Å². The van der Waals surface area contributed by atoms with Crippen molar-refractivity contribution >= 4 is 21.4 Å². The lowest BCUT2D eigenvalue weighted by Crippen LogP contribution is -2.64. The van der Waals surface area contributed by atoms with E-state index < -0.39 is 9.84 Å². The molecule has 0 aromatic heterocycles. The van der Waals surface area contributed by atoms with Crippen LogP contribution in [0.25, 0.3) is 0 Å². The maximum Gasteiger partial charge on any atom is 0.244 e. The van der Waals surface area contributed by atoms with E-state index in [1.54, 1.807) is 11.8 Å². The Bertz CT molecular complexity index is 654. The smallest absolute Gasteiger partial charge is 0.244 e. The lowest BCUT2D eigenvalue weighted by molar-refractivity contribution is -0.122. The zero-order valence-electron chi connectivity index (χ0n) is 12.2. The van der Waals surface area contributed by atoms with E-state index >= 15 is 0 Å². The van der Waals surface area contributed by atoms with Crippen LogP contribution in [0.2, 0.25) is 0 Å². The standard InChI is InChI=1S/C15H20N2O3S/c1-3-11-4-6-12(7-5-11)17-14-9-21(19,20)8-13(14)16-10(2)15(17)18/h4-7,10,13-14,16H,3,8-9H2,1-2H3/t10-,13+,14-/m0/s1. The minimum absolute atomic E-state index is 0.0403. The Balaban J connectivity index is 1.98. The predicted molar refractivity (Wildman–Crippen MR) is 82.1 cm³/mol. The third kappa shape index (κ3) is 2.58. The van der Waals surface area contributed by atoms with Gasteiger partial charge in [-0.25, -0.2) is 8.42 Å². The molecule has 2 fully saturated rings. The third-order valence-electron chi connectivity index (χ3n) is 4.35. The van der Waals surface area contributed by atoms with Gasteiger partial charge in [0.1, 0.15) is 0 Å². The molecular weight excluding hydrogens is 288 g/mol. The number of hydrogen-bond donors (Lipinski definition) is 1. The zero-order chi connectivity index (χ0) is 15.2. The molecule has 0 spiro atoms. The van der Waals surface area contributed by atoms with E-state index in [1.807, 2.05) is 24.3 Å². The summed E-state index contributed by atoms with van der Waals surface area (Å²) in [5.41, 5.74) is 1.99. The third-order valence-corrected chi connectivity index (χ3v) is 6.07. The summed E-state index contributed by atoms with van der Waals surface area (Å²) in [4.78, 5) is 14.2. The molecule has 21 heavy (non-hydrogen) atoms. The monoisotopic (exact) mass is 308 g/mol. The molecule has 6 heteroatoms. The minimum Gasteiger partial charge on any atom is -0.305 e. The van der Waals surface area contributed by atoms with Crippen molar-refractivity contribution in [3.8, 4) is 0 Å². The van der Waals surface area contributed by atoms with E-state index in [4.69, 9.17) is 0 Å². The van der Waals surface area contributed by atoms with Gasteiger partial charge in [-0.2, -0.15) is 0 Å². The van der Waals surface area contributed by atoms with Gasteiger partial charge in [0, 0.05) is 11.7 Å². The number of anilines is 1. The van der Waals surface area contributed by atoms with Gasteiger partial charge in [0.15, 0.2) is 9.84 Å². The Hall–Kier alpha value is -1.40. The molecule has 1 aromatic rings. The van der Waals surface area contributed by atoms with Gasteiger partial charge in [0.05, 0.1) is 23.6 Å². The van der Waals surface area contributed by atoms with Crippen LogP contribution in [0.15, 0.2) is 24.3 Å². The van der Waals surface area contributed by atoms with Gasteiger partial charge in [-0.15, -0.1) is 0 Å². The van der Waals surface area contributed by atoms with Gasteiger partial charge < -0.3 is 10.2 Å². The largest absolute Gasteiger partial charge is 0.305 e. The quantitative estimate of drug-likeness (QED) is 0.875. The first-order valence-electron chi connectivity index (χ1n) is 7.30. The molecule has 0 saturated carbocycles. The van der Waals surface area contributed by atoms with Crippen LogP contribution < -0.4 is 10.2 Å². The summed E-state index contributed by atoms with van der Waals surface area (Å²) in [6.07, 6.45) is 0.937. The predicted octanol–water partition coefficient (Wildman–Crippen LogP) is 0.739. The highest BCUT2D eigenvalue weighted by molar-refractivity contribution is 7.91. The van der Waals surface area contributed by atoms with Crippen molar-refractivity contribution in [3.63, 3.8) is 0 Å². The average Bonchev–Trinajstić information content (AvgIpc) is 2.74. The number of piperazine rings is 1. The highest BCUT2D eigenvalue weighted by Gasteiger charge is 2.48. The van der Waals surface area contributed by atoms with Crippen molar-refractivity contribution < 1.29 is 13.2 Å². The second kappa shape index (κ2) is 5.10. The number of amides is 1. The number of carbonyl (C=O) groups excluding carboxylic acids is 1. The molecule has 0 radical (unpaired) electrons. The van der Waals surface area contributed by atoms with Crippen LogP contribution in [0.5, 0.6) is 0 Å². The van der Waals surface area contributed by atoms with E-state index in [2.05, 4.69) is 12.2 Å². The summed E-state index contributed by atoms with van der Waals surface area (Å²) in [5, 5.41) is 3.14. The van der Waals surface area contributed by atoms with Crippen LogP contribution in [0.4, 0.5) is 5.69 Å². The minimum atomic E-state index is -3.09. The summed E-state index contributed by atoms with van der Waals surface area (Å²) in [5.74, 6) is 0.0925. The first-order chi connectivity index (χ1) is 9.91. The molecule has 5 nitrogen and oxygen atoms in total. The number of benzene rings is 1. The molecule has 0 bridgehead atoms. The Kier molecular flexibility index (Phi) is 3.53. The summed E-state index contributed by atoms with van der Waals surface area (Å²) in [6, 6.07) is 6.99. The molecule has 3 rings (SSSR count). The molecular formula is C15H20N2O3S. The molecule has 2 heterocycles. The molecule has 1 aromatic carbocycles. The van der Waals surface area contributed by atoms with E-state index in [9.17, 15) is 13.2 Å². The SMILES string of the molecule is CCc1ccc(N2C(=O)[C@H](C)N[C@@H]3CS(=O)(=O)C[C@@H]32)cc1. The number of rotatable bonds is 2. The van der Waals surface area contributed by atoms with Gasteiger partial charge in [-0.3, -0.25) is 4.79 Å². The highest BCUT2D eigenvalue weighted by atomic mass is 32.2. The van der Waals surface area contributed by atoms with E-state index in [-0.39, 0.29) is 35.5 Å². The number of nitrogens with zero attached hydrogens (tertiary/aromatic N) is 1. The van der Waals surface area contributed by atoms with Gasteiger partial charge in [0.25, 0.3) is 0 Å². The Morgan fingerprint density at radius 2 is 1.90 bits per heavy atom. The van der Waals surface area contributed by atoms with Crippen molar-refractivity contribution in [3.05, 3.63) is 29.8 Å². The summed E-state index contributed by atoms with van der Waals surface area (Å²) >= 11 is 0. The Labute approximate surface area is 125 Å². The molecule has 0 unspecified atom stereocenters. The van der Waals surface area contributed by atoms with Gasteiger partial charge in [-0.05, 0) is 31.0 Å². The van der Waals surface area contributed by atoms with E-state index in [1.165, 1.54) is 5.56 Å².